The van der Waals surface area contributed by atoms with Crippen LogP contribution in [-0.2, 0) is 33.2 Å². The first-order chi connectivity index (χ1) is 35.3. The van der Waals surface area contributed by atoms with Gasteiger partial charge in [-0.1, -0.05) is 153 Å². The van der Waals surface area contributed by atoms with Gasteiger partial charge in [-0.15, -0.1) is 0 Å². The van der Waals surface area contributed by atoms with Gasteiger partial charge >= 0.3 is 0 Å². The second kappa shape index (κ2) is 38.5. The van der Waals surface area contributed by atoms with Crippen LogP contribution in [0.4, 0.5) is 0 Å². The molecule has 17 unspecified atom stereocenters. The summed E-state index contributed by atoms with van der Waals surface area (Å²) in [6, 6.07) is -0.989. The van der Waals surface area contributed by atoms with Crippen molar-refractivity contribution in [2.75, 3.05) is 26.4 Å². The molecule has 0 radical (unpaired) electrons. The van der Waals surface area contributed by atoms with Gasteiger partial charge in [-0.05, 0) is 44.9 Å². The molecule has 12 N–H and O–H groups in total. The summed E-state index contributed by atoms with van der Waals surface area (Å²) in [4.78, 5) is 13.0. The van der Waals surface area contributed by atoms with E-state index < -0.39 is 124 Å². The van der Waals surface area contributed by atoms with Crippen molar-refractivity contribution < 1.29 is 89.4 Å². The number of allylic oxidation sites excluding steroid dienone is 5. The van der Waals surface area contributed by atoms with E-state index in [0.29, 0.717) is 12.8 Å². The lowest BCUT2D eigenvalue weighted by atomic mass is 9.96. The SMILES string of the molecule is CCCCCCCCCCCCCCCC/C=C/CC/C=C/CC/C=C/C(O)C(COC1OC(CO)C(OC2OC(CO)C(OC3OC(CO)C(O)C(O)C3O)C(O)C2O)C(O)C1O)NC(=O)CCCCCC. The summed E-state index contributed by atoms with van der Waals surface area (Å²) in [6.45, 7) is 1.53. The van der Waals surface area contributed by atoms with E-state index in [1.807, 2.05) is 6.08 Å². The number of nitrogens with one attached hydrogen (secondary N) is 1. The van der Waals surface area contributed by atoms with E-state index in [-0.39, 0.29) is 18.9 Å². The number of carbonyl (C=O) groups excluding carboxylic acids is 1. The summed E-state index contributed by atoms with van der Waals surface area (Å²) in [5, 5.41) is 119. The number of amides is 1. The number of hydrogen-bond donors (Lipinski definition) is 12. The van der Waals surface area contributed by atoms with Crippen LogP contribution in [0.5, 0.6) is 0 Å². The quantitative estimate of drug-likeness (QED) is 0.0310. The fourth-order valence-electron chi connectivity index (χ4n) is 9.28. The third-order valence-corrected chi connectivity index (χ3v) is 13.9. The van der Waals surface area contributed by atoms with Crippen molar-refractivity contribution in [2.45, 2.75) is 272 Å². The lowest BCUT2D eigenvalue weighted by Crippen LogP contribution is -2.66. The third-order valence-electron chi connectivity index (χ3n) is 13.9. The van der Waals surface area contributed by atoms with Crippen LogP contribution in [-0.4, -0.2) is 193 Å². The Morgan fingerprint density at radius 3 is 1.37 bits per heavy atom. The molecule has 3 rings (SSSR count). The van der Waals surface area contributed by atoms with Crippen molar-refractivity contribution in [3.05, 3.63) is 36.5 Å². The number of aliphatic hydroxyl groups is 11. The van der Waals surface area contributed by atoms with E-state index in [1.54, 1.807) is 6.08 Å². The van der Waals surface area contributed by atoms with Crippen LogP contribution in [0.25, 0.3) is 0 Å². The molecule has 0 aromatic carbocycles. The summed E-state index contributed by atoms with van der Waals surface area (Å²) >= 11 is 0. The van der Waals surface area contributed by atoms with Gasteiger partial charge in [-0.25, -0.2) is 0 Å². The molecule has 19 heteroatoms. The number of rotatable bonds is 39. The van der Waals surface area contributed by atoms with Crippen LogP contribution in [0.1, 0.15) is 168 Å². The summed E-state index contributed by atoms with van der Waals surface area (Å²) in [5.74, 6) is -0.309. The summed E-state index contributed by atoms with van der Waals surface area (Å²) in [6.07, 6.45) is 12.5. The van der Waals surface area contributed by atoms with E-state index in [2.05, 4.69) is 43.5 Å². The van der Waals surface area contributed by atoms with Crippen molar-refractivity contribution in [3.63, 3.8) is 0 Å². The molecule has 426 valence electrons. The molecule has 0 bridgehead atoms. The molecule has 1 amide bonds. The Labute approximate surface area is 434 Å². The van der Waals surface area contributed by atoms with Crippen LogP contribution >= 0.6 is 0 Å². The van der Waals surface area contributed by atoms with Gasteiger partial charge in [0.15, 0.2) is 18.9 Å². The van der Waals surface area contributed by atoms with Gasteiger partial charge in [0, 0.05) is 6.42 Å². The summed E-state index contributed by atoms with van der Waals surface area (Å²) < 4.78 is 34.0. The second-order valence-corrected chi connectivity index (χ2v) is 20.0. The highest BCUT2D eigenvalue weighted by Crippen LogP contribution is 2.33. The molecule has 3 saturated heterocycles. The van der Waals surface area contributed by atoms with Crippen LogP contribution in [0, 0.1) is 0 Å². The van der Waals surface area contributed by atoms with Crippen LogP contribution in [0.15, 0.2) is 36.5 Å². The first-order valence-electron chi connectivity index (χ1n) is 27.7. The molecule has 17 atom stereocenters. The van der Waals surface area contributed by atoms with Gasteiger partial charge in [0.2, 0.25) is 5.91 Å². The molecule has 3 fully saturated rings. The largest absolute Gasteiger partial charge is 0.394 e. The fraction of sp³-hybridized carbons (Fsp3) is 0.870. The Morgan fingerprint density at radius 1 is 0.479 bits per heavy atom. The molecule has 0 aromatic heterocycles. The number of aliphatic hydroxyl groups excluding tert-OH is 11. The summed E-state index contributed by atoms with van der Waals surface area (Å²) in [7, 11) is 0. The van der Waals surface area contributed by atoms with Gasteiger partial charge in [0.05, 0.1) is 38.6 Å². The summed E-state index contributed by atoms with van der Waals surface area (Å²) in [5.41, 5.74) is 0. The van der Waals surface area contributed by atoms with Gasteiger partial charge in [0.25, 0.3) is 0 Å². The van der Waals surface area contributed by atoms with Gasteiger partial charge in [-0.3, -0.25) is 4.79 Å². The zero-order chi connectivity index (χ0) is 53.4. The molecule has 3 aliphatic rings. The van der Waals surface area contributed by atoms with Crippen molar-refractivity contribution in [1.29, 1.82) is 0 Å². The Balaban J connectivity index is 1.44. The molecule has 0 aromatic rings. The van der Waals surface area contributed by atoms with E-state index in [4.69, 9.17) is 28.4 Å². The average Bonchev–Trinajstić information content (AvgIpc) is 3.39. The van der Waals surface area contributed by atoms with Crippen molar-refractivity contribution >= 4 is 5.91 Å². The van der Waals surface area contributed by atoms with E-state index >= 15 is 0 Å². The lowest BCUT2D eigenvalue weighted by Gasteiger charge is -2.48. The topological polar surface area (TPSA) is 307 Å². The maximum absolute atomic E-state index is 13.0. The zero-order valence-electron chi connectivity index (χ0n) is 43.9. The minimum absolute atomic E-state index is 0.223. The predicted molar refractivity (Wildman–Crippen MR) is 272 cm³/mol. The molecular formula is C54H97NO18. The fourth-order valence-corrected chi connectivity index (χ4v) is 9.28. The highest BCUT2D eigenvalue weighted by Gasteiger charge is 2.53. The minimum Gasteiger partial charge on any atom is -0.394 e. The third kappa shape index (κ3) is 23.7. The van der Waals surface area contributed by atoms with Crippen LogP contribution in [0.2, 0.25) is 0 Å². The van der Waals surface area contributed by atoms with Crippen molar-refractivity contribution in [3.8, 4) is 0 Å². The Hall–Kier alpha value is -1.99. The first-order valence-corrected chi connectivity index (χ1v) is 27.7. The zero-order valence-corrected chi connectivity index (χ0v) is 43.9. The molecule has 19 nitrogen and oxygen atoms in total. The molecule has 3 heterocycles. The van der Waals surface area contributed by atoms with Crippen LogP contribution < -0.4 is 5.32 Å². The first kappa shape index (κ1) is 65.3. The molecular weight excluding hydrogens is 951 g/mol. The van der Waals surface area contributed by atoms with Crippen molar-refractivity contribution in [1.82, 2.24) is 5.32 Å². The molecule has 0 saturated carbocycles. The molecule has 73 heavy (non-hydrogen) atoms. The van der Waals surface area contributed by atoms with Crippen molar-refractivity contribution in [2.24, 2.45) is 0 Å². The van der Waals surface area contributed by atoms with Gasteiger partial charge in [-0.2, -0.15) is 0 Å². The monoisotopic (exact) mass is 1050 g/mol. The maximum atomic E-state index is 13.0. The van der Waals surface area contributed by atoms with E-state index in [9.17, 15) is 61.0 Å². The van der Waals surface area contributed by atoms with E-state index in [0.717, 1.165) is 44.9 Å². The second-order valence-electron chi connectivity index (χ2n) is 20.0. The van der Waals surface area contributed by atoms with Crippen LogP contribution in [0.3, 0.4) is 0 Å². The maximum Gasteiger partial charge on any atom is 0.220 e. The minimum atomic E-state index is -1.98. The smallest absolute Gasteiger partial charge is 0.220 e. The molecule has 0 spiro atoms. The Morgan fingerprint density at radius 2 is 0.877 bits per heavy atom. The number of hydrogen-bond acceptors (Lipinski definition) is 18. The lowest BCUT2D eigenvalue weighted by molar-refractivity contribution is -0.379. The van der Waals surface area contributed by atoms with E-state index in [1.165, 1.54) is 89.9 Å². The molecule has 3 aliphatic heterocycles. The number of ether oxygens (including phenoxy) is 6. The highest BCUT2D eigenvalue weighted by molar-refractivity contribution is 5.76. The van der Waals surface area contributed by atoms with Gasteiger partial charge < -0.3 is 89.9 Å². The standard InChI is InChI=1S/C54H97NO18/c1-3-5-7-9-10-11-12-13-14-15-16-17-18-19-20-21-22-23-24-25-26-27-28-29-31-38(59)37(55-42(60)32-30-8-6-4-2)36-68-52-48(66)45(63)50(40(34-57)70-52)73-54-49(67)46(64)51(41(35-58)71-54)72-53-47(65)44(62)43(61)39(33-56)69-53/h21-22,25-26,29,31,37-41,43-54,56-59,61-67H,3-20,23-24,27-28,30,32-36H2,1-2H3,(H,55,60)/b22-21+,26-25+,31-29+. The highest BCUT2D eigenvalue weighted by atomic mass is 16.8. The predicted octanol–water partition coefficient (Wildman–Crippen LogP) is 3.37. The number of carbonyl (C=O) groups is 1. The Kier molecular flexibility index (Phi) is 34.5. The normalized spacial score (nSPS) is 32.0. The number of unbranched alkanes of at least 4 members (excludes halogenated alkanes) is 19. The molecule has 0 aliphatic carbocycles. The van der Waals surface area contributed by atoms with Gasteiger partial charge in [0.1, 0.15) is 73.2 Å². The Bertz CT molecular complexity index is 1490. The average molecular weight is 1050 g/mol.